The highest BCUT2D eigenvalue weighted by molar-refractivity contribution is 6.06. The van der Waals surface area contributed by atoms with Gasteiger partial charge in [0.2, 0.25) is 0 Å². The Balaban J connectivity index is 1.55. The molecule has 26 heavy (non-hydrogen) atoms. The molecule has 4 nitrogen and oxygen atoms in total. The van der Waals surface area contributed by atoms with E-state index in [2.05, 4.69) is 11.4 Å². The van der Waals surface area contributed by atoms with Gasteiger partial charge in [0.1, 0.15) is 0 Å². The summed E-state index contributed by atoms with van der Waals surface area (Å²) in [5.74, 6) is 0.488. The van der Waals surface area contributed by atoms with Crippen LogP contribution in [-0.4, -0.2) is 17.4 Å². The number of nitrogens with one attached hydrogen (secondary N) is 1. The number of carbonyl (C=O) groups excluding carboxylic acids is 1. The van der Waals surface area contributed by atoms with E-state index in [0.717, 1.165) is 45.4 Å². The van der Waals surface area contributed by atoms with Crippen LogP contribution in [0.4, 0.5) is 5.69 Å². The van der Waals surface area contributed by atoms with Crippen LogP contribution in [0.2, 0.25) is 0 Å². The lowest BCUT2D eigenvalue weighted by Gasteiger charge is -2.11. The molecule has 1 amide bonds. The highest BCUT2D eigenvalue weighted by atomic mass is 16.1. The SMILES string of the molecule is Cc1ccc2nc(C3CC3)cc(C(=O)NCCc3ccc(N)cc3)c2c1. The fourth-order valence-electron chi connectivity index (χ4n) is 3.24. The number of nitrogens with zero attached hydrogens (tertiary/aromatic N) is 1. The molecule has 0 radical (unpaired) electrons. The fraction of sp³-hybridized carbons (Fsp3) is 0.273. The van der Waals surface area contributed by atoms with Crippen molar-refractivity contribution in [3.8, 4) is 0 Å². The maximum atomic E-state index is 12.9. The topological polar surface area (TPSA) is 68.0 Å². The lowest BCUT2D eigenvalue weighted by atomic mass is 10.0. The van der Waals surface area contributed by atoms with Gasteiger partial charge in [0.15, 0.2) is 0 Å². The molecular formula is C22H23N3O. The third kappa shape index (κ3) is 3.54. The second-order valence-corrected chi connectivity index (χ2v) is 7.14. The first-order valence-electron chi connectivity index (χ1n) is 9.14. The van der Waals surface area contributed by atoms with Crippen LogP contribution in [0.5, 0.6) is 0 Å². The van der Waals surface area contributed by atoms with Crippen molar-refractivity contribution < 1.29 is 4.79 Å². The van der Waals surface area contributed by atoms with Crippen molar-refractivity contribution >= 4 is 22.5 Å². The van der Waals surface area contributed by atoms with E-state index in [-0.39, 0.29) is 5.91 Å². The number of fused-ring (bicyclic) bond motifs is 1. The van der Waals surface area contributed by atoms with Crippen LogP contribution in [0.3, 0.4) is 0 Å². The number of rotatable bonds is 5. The van der Waals surface area contributed by atoms with Crippen LogP contribution in [0, 0.1) is 6.92 Å². The zero-order valence-corrected chi connectivity index (χ0v) is 15.0. The molecule has 1 aromatic heterocycles. The van der Waals surface area contributed by atoms with Gasteiger partial charge < -0.3 is 11.1 Å². The van der Waals surface area contributed by atoms with Crippen LogP contribution in [0.15, 0.2) is 48.5 Å². The molecule has 0 spiro atoms. The number of aryl methyl sites for hydroxylation is 1. The summed E-state index contributed by atoms with van der Waals surface area (Å²) < 4.78 is 0. The number of amides is 1. The van der Waals surface area contributed by atoms with Gasteiger partial charge in [0.25, 0.3) is 5.91 Å². The maximum Gasteiger partial charge on any atom is 0.252 e. The highest BCUT2D eigenvalue weighted by Crippen LogP contribution is 2.40. The maximum absolute atomic E-state index is 12.9. The first-order chi connectivity index (χ1) is 12.6. The van der Waals surface area contributed by atoms with Crippen molar-refractivity contribution in [2.24, 2.45) is 0 Å². The van der Waals surface area contributed by atoms with Crippen LogP contribution >= 0.6 is 0 Å². The van der Waals surface area contributed by atoms with Crippen molar-refractivity contribution in [1.82, 2.24) is 10.3 Å². The number of hydrogen-bond donors (Lipinski definition) is 2. The molecule has 4 heteroatoms. The van der Waals surface area contributed by atoms with Gasteiger partial charge in [-0.05, 0) is 62.1 Å². The first kappa shape index (κ1) is 16.6. The Kier molecular flexibility index (Phi) is 4.33. The molecule has 1 aliphatic carbocycles. The summed E-state index contributed by atoms with van der Waals surface area (Å²) in [5, 5.41) is 3.99. The summed E-state index contributed by atoms with van der Waals surface area (Å²) in [7, 11) is 0. The van der Waals surface area contributed by atoms with E-state index in [1.807, 2.05) is 49.4 Å². The summed E-state index contributed by atoms with van der Waals surface area (Å²) in [6.07, 6.45) is 3.12. The Labute approximate surface area is 153 Å². The number of carbonyl (C=O) groups is 1. The average molecular weight is 345 g/mol. The summed E-state index contributed by atoms with van der Waals surface area (Å²) in [4.78, 5) is 17.6. The molecule has 0 saturated heterocycles. The third-order valence-electron chi connectivity index (χ3n) is 4.90. The van der Waals surface area contributed by atoms with E-state index < -0.39 is 0 Å². The summed E-state index contributed by atoms with van der Waals surface area (Å²) >= 11 is 0. The van der Waals surface area contributed by atoms with E-state index in [1.54, 1.807) is 0 Å². The molecular weight excluding hydrogens is 322 g/mol. The smallest absolute Gasteiger partial charge is 0.252 e. The van der Waals surface area contributed by atoms with E-state index >= 15 is 0 Å². The Bertz CT molecular complexity index is 959. The van der Waals surface area contributed by atoms with Gasteiger partial charge in [0.05, 0.1) is 11.1 Å². The molecule has 1 heterocycles. The van der Waals surface area contributed by atoms with E-state index in [0.29, 0.717) is 12.5 Å². The van der Waals surface area contributed by atoms with Crippen molar-refractivity contribution in [2.75, 3.05) is 12.3 Å². The predicted octanol–water partition coefficient (Wildman–Crippen LogP) is 3.98. The van der Waals surface area contributed by atoms with Gasteiger partial charge in [-0.15, -0.1) is 0 Å². The van der Waals surface area contributed by atoms with Crippen LogP contribution < -0.4 is 11.1 Å². The lowest BCUT2D eigenvalue weighted by molar-refractivity contribution is 0.0955. The molecule has 3 aromatic rings. The number of hydrogen-bond acceptors (Lipinski definition) is 3. The molecule has 2 aromatic carbocycles. The quantitative estimate of drug-likeness (QED) is 0.687. The Morgan fingerprint density at radius 1 is 1.15 bits per heavy atom. The highest BCUT2D eigenvalue weighted by Gasteiger charge is 2.26. The molecule has 0 bridgehead atoms. The number of benzene rings is 2. The van der Waals surface area contributed by atoms with Crippen LogP contribution in [-0.2, 0) is 6.42 Å². The zero-order valence-electron chi connectivity index (χ0n) is 15.0. The zero-order chi connectivity index (χ0) is 18.1. The molecule has 1 saturated carbocycles. The predicted molar refractivity (Wildman–Crippen MR) is 105 cm³/mol. The molecule has 1 aliphatic rings. The van der Waals surface area contributed by atoms with Crippen LogP contribution in [0.25, 0.3) is 10.9 Å². The number of pyridine rings is 1. The van der Waals surface area contributed by atoms with Gasteiger partial charge in [-0.3, -0.25) is 9.78 Å². The second-order valence-electron chi connectivity index (χ2n) is 7.14. The second kappa shape index (κ2) is 6.79. The minimum absolute atomic E-state index is 0.0275. The van der Waals surface area contributed by atoms with E-state index in [4.69, 9.17) is 10.7 Å². The van der Waals surface area contributed by atoms with Gasteiger partial charge in [-0.1, -0.05) is 23.8 Å². The lowest BCUT2D eigenvalue weighted by Crippen LogP contribution is -2.26. The minimum atomic E-state index is -0.0275. The first-order valence-corrected chi connectivity index (χ1v) is 9.14. The minimum Gasteiger partial charge on any atom is -0.399 e. The molecule has 0 aliphatic heterocycles. The Hall–Kier alpha value is -2.88. The standard InChI is InChI=1S/C22H23N3O/c1-14-2-9-20-18(12-14)19(13-21(25-20)16-5-6-16)22(26)24-11-10-15-3-7-17(23)8-4-15/h2-4,7-9,12-13,16H,5-6,10-11,23H2,1H3,(H,24,26). The third-order valence-corrected chi connectivity index (χ3v) is 4.90. The summed E-state index contributed by atoms with van der Waals surface area (Å²) in [5.41, 5.74) is 11.4. The van der Waals surface area contributed by atoms with E-state index in [9.17, 15) is 4.79 Å². The van der Waals surface area contributed by atoms with Gasteiger partial charge in [-0.25, -0.2) is 0 Å². The van der Waals surface area contributed by atoms with Crippen molar-refractivity contribution in [2.45, 2.75) is 32.1 Å². The average Bonchev–Trinajstić information content (AvgIpc) is 3.47. The van der Waals surface area contributed by atoms with Crippen molar-refractivity contribution in [3.05, 3.63) is 70.9 Å². The van der Waals surface area contributed by atoms with Crippen molar-refractivity contribution in [3.63, 3.8) is 0 Å². The van der Waals surface area contributed by atoms with Crippen molar-refractivity contribution in [1.29, 1.82) is 0 Å². The molecule has 1 fully saturated rings. The van der Waals surface area contributed by atoms with Gasteiger partial charge in [-0.2, -0.15) is 0 Å². The molecule has 0 atom stereocenters. The molecule has 132 valence electrons. The normalized spacial score (nSPS) is 13.7. The number of nitrogens with two attached hydrogens (primary N) is 1. The molecule has 4 rings (SSSR count). The Morgan fingerprint density at radius 2 is 1.92 bits per heavy atom. The van der Waals surface area contributed by atoms with Crippen LogP contribution in [0.1, 0.15) is 45.9 Å². The summed E-state index contributed by atoms with van der Waals surface area (Å²) in [6.45, 7) is 2.63. The summed E-state index contributed by atoms with van der Waals surface area (Å²) in [6, 6.07) is 15.9. The largest absolute Gasteiger partial charge is 0.399 e. The molecule has 0 unspecified atom stereocenters. The number of anilines is 1. The van der Waals surface area contributed by atoms with Gasteiger partial charge >= 0.3 is 0 Å². The van der Waals surface area contributed by atoms with Gasteiger partial charge in [0, 0.05) is 29.2 Å². The van der Waals surface area contributed by atoms with E-state index in [1.165, 1.54) is 12.8 Å². The fourth-order valence-corrected chi connectivity index (χ4v) is 3.24. The number of nitrogen functional groups attached to an aromatic ring is 1. The Morgan fingerprint density at radius 3 is 2.65 bits per heavy atom. The monoisotopic (exact) mass is 345 g/mol. The molecule has 3 N–H and O–H groups in total. The number of aromatic nitrogens is 1.